The van der Waals surface area contributed by atoms with Gasteiger partial charge in [0.05, 0.1) is 18.0 Å². The van der Waals surface area contributed by atoms with Crippen LogP contribution in [0.2, 0.25) is 0 Å². The summed E-state index contributed by atoms with van der Waals surface area (Å²) in [5.41, 5.74) is 3.91. The van der Waals surface area contributed by atoms with Gasteiger partial charge in [0.1, 0.15) is 0 Å². The molecule has 1 N–H and O–H groups in total. The fourth-order valence-corrected chi connectivity index (χ4v) is 3.23. The minimum absolute atomic E-state index is 0.0543. The number of carbonyl (C=O) groups excluding carboxylic acids is 2. The summed E-state index contributed by atoms with van der Waals surface area (Å²) in [4.78, 5) is 30.2. The van der Waals surface area contributed by atoms with Crippen molar-refractivity contribution in [3.63, 3.8) is 0 Å². The van der Waals surface area contributed by atoms with E-state index < -0.39 is 0 Å². The van der Waals surface area contributed by atoms with Crippen molar-refractivity contribution in [1.29, 1.82) is 0 Å². The number of amides is 2. The number of pyridine rings is 1. The van der Waals surface area contributed by atoms with Crippen LogP contribution in [0, 0.1) is 13.8 Å². The molecular weight excluding hydrogens is 290 g/mol. The van der Waals surface area contributed by atoms with Gasteiger partial charge in [-0.15, -0.1) is 0 Å². The Morgan fingerprint density at radius 1 is 1.35 bits per heavy atom. The van der Waals surface area contributed by atoms with Crippen LogP contribution in [0.5, 0.6) is 0 Å². The van der Waals surface area contributed by atoms with Crippen LogP contribution >= 0.6 is 0 Å². The lowest BCUT2D eigenvalue weighted by atomic mass is 9.99. The number of aromatic nitrogens is 1. The maximum absolute atomic E-state index is 12.4. The Labute approximate surface area is 135 Å². The molecule has 23 heavy (non-hydrogen) atoms. The lowest BCUT2D eigenvalue weighted by Gasteiger charge is -2.15. The predicted molar refractivity (Wildman–Crippen MR) is 89.1 cm³/mol. The summed E-state index contributed by atoms with van der Waals surface area (Å²) in [6, 6.07) is 7.88. The third kappa shape index (κ3) is 3.04. The van der Waals surface area contributed by atoms with E-state index in [4.69, 9.17) is 0 Å². The Morgan fingerprint density at radius 2 is 2.09 bits per heavy atom. The number of aryl methyl sites for hydroxylation is 2. The molecule has 120 valence electrons. The minimum atomic E-state index is -0.0889. The average molecular weight is 311 g/mol. The van der Waals surface area contributed by atoms with Gasteiger partial charge in [-0.2, -0.15) is 0 Å². The molecule has 1 aromatic heterocycles. The van der Waals surface area contributed by atoms with Gasteiger partial charge in [0.25, 0.3) is 0 Å². The molecule has 0 radical (unpaired) electrons. The SMILES string of the molecule is Cc1nc2ccccc2c(C)c1CC(=O)N[C@@H]1CC(=O)N(C)C1. The lowest BCUT2D eigenvalue weighted by molar-refractivity contribution is -0.126. The number of likely N-dealkylation sites (tertiary alicyclic amines) is 1. The second-order valence-electron chi connectivity index (χ2n) is 6.24. The first-order chi connectivity index (χ1) is 11.0. The third-order valence-corrected chi connectivity index (χ3v) is 4.53. The van der Waals surface area contributed by atoms with Gasteiger partial charge in [-0.05, 0) is 31.0 Å². The summed E-state index contributed by atoms with van der Waals surface area (Å²) in [5, 5.41) is 4.04. The van der Waals surface area contributed by atoms with E-state index in [-0.39, 0.29) is 17.9 Å². The van der Waals surface area contributed by atoms with Gasteiger partial charge in [0, 0.05) is 31.1 Å². The van der Waals surface area contributed by atoms with Crippen molar-refractivity contribution in [3.8, 4) is 0 Å². The van der Waals surface area contributed by atoms with Crippen molar-refractivity contribution in [2.75, 3.05) is 13.6 Å². The summed E-state index contributed by atoms with van der Waals surface area (Å²) in [6.07, 6.45) is 0.681. The zero-order valence-corrected chi connectivity index (χ0v) is 13.7. The molecule has 2 heterocycles. The highest BCUT2D eigenvalue weighted by atomic mass is 16.2. The van der Waals surface area contributed by atoms with Gasteiger partial charge in [-0.25, -0.2) is 0 Å². The van der Waals surface area contributed by atoms with Gasteiger partial charge < -0.3 is 10.2 Å². The summed E-state index contributed by atoms with van der Waals surface area (Å²) in [6.45, 7) is 4.56. The number of rotatable bonds is 3. The number of nitrogens with one attached hydrogen (secondary N) is 1. The summed E-state index contributed by atoms with van der Waals surface area (Å²) < 4.78 is 0. The molecule has 1 aliphatic heterocycles. The number of hydrogen-bond acceptors (Lipinski definition) is 3. The summed E-state index contributed by atoms with van der Waals surface area (Å²) >= 11 is 0. The molecular formula is C18H21N3O2. The average Bonchev–Trinajstić information content (AvgIpc) is 2.81. The molecule has 1 fully saturated rings. The second kappa shape index (κ2) is 5.99. The number of benzene rings is 1. The highest BCUT2D eigenvalue weighted by Crippen LogP contribution is 2.23. The number of carbonyl (C=O) groups is 2. The van der Waals surface area contributed by atoms with Crippen molar-refractivity contribution in [3.05, 3.63) is 41.1 Å². The molecule has 2 amide bonds. The number of fused-ring (bicyclic) bond motifs is 1. The first kappa shape index (κ1) is 15.5. The smallest absolute Gasteiger partial charge is 0.224 e. The molecule has 1 aromatic carbocycles. The topological polar surface area (TPSA) is 62.3 Å². The highest BCUT2D eigenvalue weighted by Gasteiger charge is 2.28. The van der Waals surface area contributed by atoms with Gasteiger partial charge in [-0.3, -0.25) is 14.6 Å². The Morgan fingerprint density at radius 3 is 2.78 bits per heavy atom. The zero-order valence-electron chi connectivity index (χ0n) is 13.7. The fourth-order valence-electron chi connectivity index (χ4n) is 3.23. The van der Waals surface area contributed by atoms with Gasteiger partial charge in [0.15, 0.2) is 0 Å². The van der Waals surface area contributed by atoms with Crippen molar-refractivity contribution in [2.24, 2.45) is 0 Å². The van der Waals surface area contributed by atoms with Gasteiger partial charge >= 0.3 is 0 Å². The first-order valence-corrected chi connectivity index (χ1v) is 7.84. The molecule has 0 unspecified atom stereocenters. The van der Waals surface area contributed by atoms with E-state index in [1.807, 2.05) is 38.1 Å². The Bertz CT molecular complexity index is 785. The number of para-hydroxylation sites is 1. The largest absolute Gasteiger partial charge is 0.351 e. The van der Waals surface area contributed by atoms with E-state index >= 15 is 0 Å². The molecule has 5 heteroatoms. The standard InChI is InChI=1S/C18H21N3O2/c1-11-14-6-4-5-7-16(14)19-12(2)15(11)9-17(22)20-13-8-18(23)21(3)10-13/h4-7,13H,8-10H2,1-3H3,(H,20,22)/t13-/m1/s1. The molecule has 0 bridgehead atoms. The molecule has 5 nitrogen and oxygen atoms in total. The van der Waals surface area contributed by atoms with Crippen molar-refractivity contribution in [1.82, 2.24) is 15.2 Å². The number of likely N-dealkylation sites (N-methyl/N-ethyl adjacent to an activating group) is 1. The van der Waals surface area contributed by atoms with Crippen LogP contribution in [-0.2, 0) is 16.0 Å². The maximum Gasteiger partial charge on any atom is 0.224 e. The summed E-state index contributed by atoms with van der Waals surface area (Å²) in [5.74, 6) is 0.0245. The molecule has 0 saturated carbocycles. The number of nitrogens with zero attached hydrogens (tertiary/aromatic N) is 2. The van der Waals surface area contributed by atoms with Crippen LogP contribution in [0.25, 0.3) is 10.9 Å². The van der Waals surface area contributed by atoms with Crippen LogP contribution in [0.3, 0.4) is 0 Å². The second-order valence-corrected chi connectivity index (χ2v) is 6.24. The van der Waals surface area contributed by atoms with Crippen LogP contribution in [0.15, 0.2) is 24.3 Å². The minimum Gasteiger partial charge on any atom is -0.351 e. The van der Waals surface area contributed by atoms with E-state index in [1.165, 1.54) is 0 Å². The quantitative estimate of drug-likeness (QED) is 0.939. The monoisotopic (exact) mass is 311 g/mol. The van der Waals surface area contributed by atoms with E-state index in [9.17, 15) is 9.59 Å². The molecule has 1 atom stereocenters. The molecule has 2 aromatic rings. The Hall–Kier alpha value is -2.43. The number of hydrogen-bond donors (Lipinski definition) is 1. The van der Waals surface area contributed by atoms with E-state index in [0.29, 0.717) is 19.4 Å². The van der Waals surface area contributed by atoms with Crippen molar-refractivity contribution in [2.45, 2.75) is 32.7 Å². The fraction of sp³-hybridized carbons (Fsp3) is 0.389. The van der Waals surface area contributed by atoms with Crippen LogP contribution in [-0.4, -0.2) is 41.3 Å². The molecule has 1 aliphatic rings. The normalized spacial score (nSPS) is 17.8. The first-order valence-electron chi connectivity index (χ1n) is 7.84. The van der Waals surface area contributed by atoms with Crippen molar-refractivity contribution < 1.29 is 9.59 Å². The third-order valence-electron chi connectivity index (χ3n) is 4.53. The highest BCUT2D eigenvalue weighted by molar-refractivity contribution is 5.87. The van der Waals surface area contributed by atoms with Gasteiger partial charge in [-0.1, -0.05) is 18.2 Å². The maximum atomic E-state index is 12.4. The van der Waals surface area contributed by atoms with Crippen molar-refractivity contribution >= 4 is 22.7 Å². The Kier molecular flexibility index (Phi) is 4.03. The van der Waals surface area contributed by atoms with E-state index in [1.54, 1.807) is 11.9 Å². The van der Waals surface area contributed by atoms with E-state index in [2.05, 4.69) is 10.3 Å². The predicted octanol–water partition coefficient (Wildman–Crippen LogP) is 1.74. The summed E-state index contributed by atoms with van der Waals surface area (Å²) in [7, 11) is 1.76. The molecule has 1 saturated heterocycles. The van der Waals surface area contributed by atoms with Gasteiger partial charge in [0.2, 0.25) is 11.8 Å². The lowest BCUT2D eigenvalue weighted by Crippen LogP contribution is -2.37. The van der Waals surface area contributed by atoms with E-state index in [0.717, 1.165) is 27.7 Å². The van der Waals surface area contributed by atoms with Crippen LogP contribution in [0.4, 0.5) is 0 Å². The van der Waals surface area contributed by atoms with Crippen LogP contribution in [0.1, 0.15) is 23.2 Å². The Balaban J connectivity index is 1.78. The van der Waals surface area contributed by atoms with Crippen LogP contribution < -0.4 is 5.32 Å². The molecule has 3 rings (SSSR count). The molecule has 0 spiro atoms. The molecule has 0 aliphatic carbocycles. The zero-order chi connectivity index (χ0) is 16.6.